The first-order valence-electron chi connectivity index (χ1n) is 4.93. The van der Waals surface area contributed by atoms with Gasteiger partial charge in [0.25, 0.3) is 0 Å². The van der Waals surface area contributed by atoms with Crippen LogP contribution in [0.25, 0.3) is 0 Å². The minimum atomic E-state index is 0.363. The molecule has 0 atom stereocenters. The van der Waals surface area contributed by atoms with Gasteiger partial charge < -0.3 is 16.8 Å². The summed E-state index contributed by atoms with van der Waals surface area (Å²) in [5, 5.41) is 2.79. The van der Waals surface area contributed by atoms with Gasteiger partial charge in [0.15, 0.2) is 4.45 Å². The molecule has 0 spiro atoms. The van der Waals surface area contributed by atoms with E-state index in [2.05, 4.69) is 31.4 Å². The van der Waals surface area contributed by atoms with E-state index in [1.165, 1.54) is 0 Å². The molecule has 0 aliphatic heterocycles. The van der Waals surface area contributed by atoms with Crippen LogP contribution in [0.4, 0.5) is 0 Å². The summed E-state index contributed by atoms with van der Waals surface area (Å²) in [5.74, 6) is 0. The highest BCUT2D eigenvalue weighted by atomic mass is 35.5. The average Bonchev–Trinajstić information content (AvgIpc) is 2.16. The lowest BCUT2D eigenvalue weighted by Crippen LogP contribution is -2.16. The standard InChI is InChI=1S/C4H8ClNS.C3H9N.C2H7N/c1-2-3-6-4(5)7;1-2-3-4;1-2-3/h2-3H2,1H3,(H,6,7);2-4H2,1H3;2-3H2,1H3. The molecule has 14 heavy (non-hydrogen) atoms. The molecule has 0 aliphatic carbocycles. The van der Waals surface area contributed by atoms with E-state index in [4.69, 9.17) is 23.1 Å². The van der Waals surface area contributed by atoms with Crippen molar-refractivity contribution in [3.05, 3.63) is 0 Å². The van der Waals surface area contributed by atoms with Crippen LogP contribution >= 0.6 is 23.8 Å². The molecule has 0 aromatic heterocycles. The molecule has 0 aromatic carbocycles. The van der Waals surface area contributed by atoms with Crippen LogP contribution in [0.2, 0.25) is 0 Å². The van der Waals surface area contributed by atoms with Crippen molar-refractivity contribution < 1.29 is 0 Å². The molecule has 0 amide bonds. The Bertz CT molecular complexity index is 100. The summed E-state index contributed by atoms with van der Waals surface area (Å²) in [7, 11) is 0. The molecule has 5 heteroatoms. The van der Waals surface area contributed by atoms with Gasteiger partial charge in [0.2, 0.25) is 0 Å². The normalized spacial score (nSPS) is 7.57. The van der Waals surface area contributed by atoms with E-state index in [0.29, 0.717) is 4.45 Å². The van der Waals surface area contributed by atoms with E-state index in [9.17, 15) is 0 Å². The van der Waals surface area contributed by atoms with Crippen molar-refractivity contribution in [3.63, 3.8) is 0 Å². The number of hydrogen-bond donors (Lipinski definition) is 3. The maximum absolute atomic E-state index is 5.28. The smallest absolute Gasteiger partial charge is 0.167 e. The number of nitrogens with one attached hydrogen (secondary N) is 1. The summed E-state index contributed by atoms with van der Waals surface area (Å²) in [6, 6.07) is 0. The minimum Gasteiger partial charge on any atom is -0.367 e. The fraction of sp³-hybridized carbons (Fsp3) is 0.889. The van der Waals surface area contributed by atoms with Gasteiger partial charge in [-0.25, -0.2) is 0 Å². The van der Waals surface area contributed by atoms with Crippen molar-refractivity contribution in [1.82, 2.24) is 5.32 Å². The van der Waals surface area contributed by atoms with Crippen molar-refractivity contribution in [2.75, 3.05) is 19.6 Å². The highest BCUT2D eigenvalue weighted by Gasteiger charge is 1.81. The van der Waals surface area contributed by atoms with Gasteiger partial charge in [-0.05, 0) is 38.1 Å². The Morgan fingerprint density at radius 1 is 1.21 bits per heavy atom. The molecule has 0 saturated heterocycles. The summed E-state index contributed by atoms with van der Waals surface area (Å²) < 4.78 is 0.363. The van der Waals surface area contributed by atoms with Crippen molar-refractivity contribution in [3.8, 4) is 0 Å². The Morgan fingerprint density at radius 2 is 1.57 bits per heavy atom. The zero-order chi connectivity index (χ0) is 11.8. The number of halogens is 1. The molecule has 0 aliphatic rings. The molecule has 0 heterocycles. The molecule has 5 N–H and O–H groups in total. The topological polar surface area (TPSA) is 64.1 Å². The quantitative estimate of drug-likeness (QED) is 0.401. The molecule has 0 rings (SSSR count). The van der Waals surface area contributed by atoms with Crippen LogP contribution in [0.5, 0.6) is 0 Å². The van der Waals surface area contributed by atoms with E-state index in [1.807, 2.05) is 6.92 Å². The molecule has 88 valence electrons. The SMILES string of the molecule is CCCN.CCCNC(=S)Cl.CCN. The lowest BCUT2D eigenvalue weighted by molar-refractivity contribution is 0.854. The Kier molecular flexibility index (Phi) is 32.5. The van der Waals surface area contributed by atoms with Crippen LogP contribution < -0.4 is 16.8 Å². The van der Waals surface area contributed by atoms with Crippen LogP contribution in [0, 0.1) is 0 Å². The van der Waals surface area contributed by atoms with Crippen LogP contribution in [0.1, 0.15) is 33.6 Å². The Morgan fingerprint density at radius 3 is 1.64 bits per heavy atom. The van der Waals surface area contributed by atoms with Crippen molar-refractivity contribution in [2.24, 2.45) is 11.5 Å². The van der Waals surface area contributed by atoms with Crippen molar-refractivity contribution in [1.29, 1.82) is 0 Å². The third-order valence-corrected chi connectivity index (χ3v) is 1.08. The van der Waals surface area contributed by atoms with Crippen molar-refractivity contribution in [2.45, 2.75) is 33.6 Å². The Hall–Kier alpha value is 0.100. The number of rotatable bonds is 3. The molecular weight excluding hydrogens is 218 g/mol. The van der Waals surface area contributed by atoms with Gasteiger partial charge in [0.05, 0.1) is 0 Å². The second-order valence-corrected chi connectivity index (χ2v) is 3.41. The van der Waals surface area contributed by atoms with E-state index < -0.39 is 0 Å². The predicted molar refractivity (Wildman–Crippen MR) is 70.8 cm³/mol. The van der Waals surface area contributed by atoms with Gasteiger partial charge in [-0.2, -0.15) is 0 Å². The third-order valence-electron chi connectivity index (χ3n) is 0.803. The number of thiocarbonyl (C=S) groups is 1. The van der Waals surface area contributed by atoms with E-state index in [-0.39, 0.29) is 0 Å². The second kappa shape index (κ2) is 23.2. The van der Waals surface area contributed by atoms with Gasteiger partial charge in [-0.1, -0.05) is 32.4 Å². The van der Waals surface area contributed by atoms with E-state index in [1.54, 1.807) is 0 Å². The number of hydrogen-bond acceptors (Lipinski definition) is 3. The molecule has 3 nitrogen and oxygen atoms in total. The first kappa shape index (κ1) is 19.6. The Labute approximate surface area is 98.6 Å². The summed E-state index contributed by atoms with van der Waals surface area (Å²) >= 11 is 9.79. The zero-order valence-electron chi connectivity index (χ0n) is 9.48. The van der Waals surface area contributed by atoms with Crippen LogP contribution in [0.3, 0.4) is 0 Å². The summed E-state index contributed by atoms with van der Waals surface area (Å²) in [6.45, 7) is 8.46. The predicted octanol–water partition coefficient (Wildman–Crippen LogP) is 1.83. The Balaban J connectivity index is -0.000000147. The maximum Gasteiger partial charge on any atom is 0.167 e. The molecule has 0 radical (unpaired) electrons. The summed E-state index contributed by atoms with van der Waals surface area (Å²) in [6.07, 6.45) is 2.16. The van der Waals surface area contributed by atoms with Gasteiger partial charge in [0, 0.05) is 6.54 Å². The molecular formula is C9H24ClN3S. The molecule has 0 aromatic rings. The highest BCUT2D eigenvalue weighted by Crippen LogP contribution is 1.78. The fourth-order valence-corrected chi connectivity index (χ4v) is 0.420. The van der Waals surface area contributed by atoms with Gasteiger partial charge in [0.1, 0.15) is 0 Å². The summed E-state index contributed by atoms with van der Waals surface area (Å²) in [5.41, 5.74) is 9.88. The molecule has 0 bridgehead atoms. The lowest BCUT2D eigenvalue weighted by atomic mass is 10.5. The maximum atomic E-state index is 5.28. The monoisotopic (exact) mass is 241 g/mol. The fourth-order valence-electron chi connectivity index (χ4n) is 0.223. The highest BCUT2D eigenvalue weighted by molar-refractivity contribution is 7.83. The van der Waals surface area contributed by atoms with Crippen LogP contribution in [0.15, 0.2) is 0 Å². The average molecular weight is 242 g/mol. The first-order valence-corrected chi connectivity index (χ1v) is 5.72. The first-order chi connectivity index (χ1) is 6.60. The molecule has 0 fully saturated rings. The lowest BCUT2D eigenvalue weighted by Gasteiger charge is -1.94. The third kappa shape index (κ3) is 57.3. The zero-order valence-corrected chi connectivity index (χ0v) is 11.0. The molecule has 0 unspecified atom stereocenters. The second-order valence-electron chi connectivity index (χ2n) is 2.40. The van der Waals surface area contributed by atoms with Crippen LogP contribution in [-0.2, 0) is 0 Å². The molecule has 0 saturated carbocycles. The van der Waals surface area contributed by atoms with E-state index in [0.717, 1.165) is 32.5 Å². The van der Waals surface area contributed by atoms with Gasteiger partial charge >= 0.3 is 0 Å². The van der Waals surface area contributed by atoms with Gasteiger partial charge in [-0.3, -0.25) is 0 Å². The largest absolute Gasteiger partial charge is 0.367 e. The van der Waals surface area contributed by atoms with Crippen molar-refractivity contribution >= 4 is 28.3 Å². The number of nitrogens with two attached hydrogens (primary N) is 2. The van der Waals surface area contributed by atoms with Crippen LogP contribution in [-0.4, -0.2) is 24.1 Å². The minimum absolute atomic E-state index is 0.363. The van der Waals surface area contributed by atoms with Gasteiger partial charge in [-0.15, -0.1) is 0 Å². The van der Waals surface area contributed by atoms with E-state index >= 15 is 0 Å². The summed E-state index contributed by atoms with van der Waals surface area (Å²) in [4.78, 5) is 0.